The van der Waals surface area contributed by atoms with Gasteiger partial charge in [-0.3, -0.25) is 9.59 Å². The number of nitrogens with one attached hydrogen (secondary N) is 2. The summed E-state index contributed by atoms with van der Waals surface area (Å²) in [5.74, 6) is -0.603. The molecule has 1 atom stereocenters. The van der Waals surface area contributed by atoms with Gasteiger partial charge in [-0.05, 0) is 42.3 Å². The molecule has 5 heteroatoms. The molecule has 0 aliphatic carbocycles. The van der Waals surface area contributed by atoms with Crippen molar-refractivity contribution in [1.82, 2.24) is 5.32 Å². The average molecular weight is 405 g/mol. The van der Waals surface area contributed by atoms with Crippen molar-refractivity contribution in [1.29, 1.82) is 0 Å². The van der Waals surface area contributed by atoms with E-state index in [9.17, 15) is 9.59 Å². The van der Waals surface area contributed by atoms with Crippen LogP contribution in [-0.4, -0.2) is 11.8 Å². The van der Waals surface area contributed by atoms with Crippen molar-refractivity contribution in [2.75, 3.05) is 5.32 Å². The zero-order chi connectivity index (χ0) is 20.6. The minimum absolute atomic E-state index is 0.160. The van der Waals surface area contributed by atoms with Crippen LogP contribution < -0.4 is 10.6 Å². The fourth-order valence-electron chi connectivity index (χ4n) is 2.84. The minimum atomic E-state index is -0.346. The van der Waals surface area contributed by atoms with Gasteiger partial charge in [-0.2, -0.15) is 0 Å². The van der Waals surface area contributed by atoms with E-state index in [0.29, 0.717) is 16.3 Å². The molecule has 0 heterocycles. The fourth-order valence-corrected chi connectivity index (χ4v) is 3.04. The summed E-state index contributed by atoms with van der Waals surface area (Å²) < 4.78 is 0. The molecule has 0 aromatic heterocycles. The third-order valence-corrected chi connectivity index (χ3v) is 4.74. The van der Waals surface area contributed by atoms with Crippen LogP contribution in [0.2, 0.25) is 5.02 Å². The number of carbonyl (C=O) groups excluding carboxylic acids is 2. The van der Waals surface area contributed by atoms with Crippen LogP contribution in [0.3, 0.4) is 0 Å². The maximum Gasteiger partial charge on any atom is 0.253 e. The van der Waals surface area contributed by atoms with Gasteiger partial charge in [0.25, 0.3) is 5.91 Å². The lowest BCUT2D eigenvalue weighted by Gasteiger charge is -2.16. The van der Waals surface area contributed by atoms with E-state index in [1.807, 2.05) is 55.5 Å². The molecule has 3 aromatic rings. The van der Waals surface area contributed by atoms with Gasteiger partial charge in [-0.15, -0.1) is 0 Å². The topological polar surface area (TPSA) is 58.2 Å². The van der Waals surface area contributed by atoms with Crippen molar-refractivity contribution in [3.8, 4) is 0 Å². The number of halogens is 1. The van der Waals surface area contributed by atoms with Gasteiger partial charge in [0.2, 0.25) is 5.91 Å². The number of para-hydroxylation sites is 1. The number of hydrogen-bond donors (Lipinski definition) is 2. The first kappa shape index (κ1) is 20.4. The quantitative estimate of drug-likeness (QED) is 0.534. The van der Waals surface area contributed by atoms with E-state index in [4.69, 9.17) is 11.6 Å². The number of rotatable bonds is 6. The summed E-state index contributed by atoms with van der Waals surface area (Å²) in [4.78, 5) is 25.1. The molecule has 4 nitrogen and oxygen atoms in total. The Morgan fingerprint density at radius 2 is 1.55 bits per heavy atom. The number of anilines is 1. The van der Waals surface area contributed by atoms with E-state index >= 15 is 0 Å². The molecule has 0 spiro atoms. The summed E-state index contributed by atoms with van der Waals surface area (Å²) in [6.07, 6.45) is 3.03. The largest absolute Gasteiger partial charge is 0.345 e. The Morgan fingerprint density at radius 1 is 0.897 bits per heavy atom. The summed E-state index contributed by atoms with van der Waals surface area (Å²) in [5.41, 5.74) is 2.59. The smallest absolute Gasteiger partial charge is 0.253 e. The number of amides is 2. The molecule has 3 rings (SSSR count). The lowest BCUT2D eigenvalue weighted by Crippen LogP contribution is -2.27. The van der Waals surface area contributed by atoms with Crippen molar-refractivity contribution in [2.24, 2.45) is 0 Å². The van der Waals surface area contributed by atoms with Crippen molar-refractivity contribution in [2.45, 2.75) is 13.0 Å². The third kappa shape index (κ3) is 5.56. The summed E-state index contributed by atoms with van der Waals surface area (Å²) in [7, 11) is 0. The Morgan fingerprint density at radius 3 is 2.31 bits per heavy atom. The molecule has 0 bridgehead atoms. The molecule has 0 saturated carbocycles. The Kier molecular flexibility index (Phi) is 6.82. The van der Waals surface area contributed by atoms with Crippen LogP contribution in [-0.2, 0) is 4.79 Å². The van der Waals surface area contributed by atoms with Crippen molar-refractivity contribution in [3.05, 3.63) is 107 Å². The van der Waals surface area contributed by atoms with Crippen molar-refractivity contribution in [3.63, 3.8) is 0 Å². The van der Waals surface area contributed by atoms with E-state index < -0.39 is 0 Å². The predicted octanol–water partition coefficient (Wildman–Crippen LogP) is 5.48. The van der Waals surface area contributed by atoms with Gasteiger partial charge < -0.3 is 10.6 Å². The molecule has 0 aliphatic heterocycles. The molecular formula is C24H21ClN2O2. The molecule has 0 radical (unpaired) electrons. The SMILES string of the molecule is C[C@@H](NC(=O)c1ccccc1NC(=O)/C=C/c1ccccc1Cl)c1ccccc1. The van der Waals surface area contributed by atoms with Gasteiger partial charge in [0, 0.05) is 11.1 Å². The predicted molar refractivity (Wildman–Crippen MR) is 118 cm³/mol. The normalized spacial score (nSPS) is 11.8. The highest BCUT2D eigenvalue weighted by atomic mass is 35.5. The molecule has 2 amide bonds. The summed E-state index contributed by atoms with van der Waals surface area (Å²) in [6, 6.07) is 23.7. The van der Waals surface area contributed by atoms with E-state index in [-0.39, 0.29) is 17.9 Å². The Bertz CT molecular complexity index is 1030. The van der Waals surface area contributed by atoms with Gasteiger partial charge in [0.1, 0.15) is 0 Å². The van der Waals surface area contributed by atoms with E-state index in [2.05, 4.69) is 10.6 Å². The fraction of sp³-hybridized carbons (Fsp3) is 0.0833. The maximum atomic E-state index is 12.8. The van der Waals surface area contributed by atoms with Gasteiger partial charge in [-0.25, -0.2) is 0 Å². The van der Waals surface area contributed by atoms with E-state index in [0.717, 1.165) is 11.1 Å². The number of hydrogen-bond acceptors (Lipinski definition) is 2. The first-order chi connectivity index (χ1) is 14.0. The maximum absolute atomic E-state index is 12.8. The summed E-state index contributed by atoms with van der Waals surface area (Å²) in [5, 5.41) is 6.29. The molecular weight excluding hydrogens is 384 g/mol. The summed E-state index contributed by atoms with van der Waals surface area (Å²) >= 11 is 6.10. The highest BCUT2D eigenvalue weighted by Gasteiger charge is 2.15. The number of benzene rings is 3. The lowest BCUT2D eigenvalue weighted by atomic mass is 10.1. The minimum Gasteiger partial charge on any atom is -0.345 e. The van der Waals surface area contributed by atoms with Crippen LogP contribution in [0.15, 0.2) is 84.9 Å². The Labute approximate surface area is 175 Å². The highest BCUT2D eigenvalue weighted by molar-refractivity contribution is 6.32. The Hall–Kier alpha value is -3.37. The van der Waals surface area contributed by atoms with Gasteiger partial charge in [-0.1, -0.05) is 72.3 Å². The molecule has 3 aromatic carbocycles. The van der Waals surface area contributed by atoms with Crippen molar-refractivity contribution >= 4 is 35.2 Å². The van der Waals surface area contributed by atoms with Crippen LogP contribution >= 0.6 is 11.6 Å². The van der Waals surface area contributed by atoms with Crippen LogP contribution in [0.25, 0.3) is 6.08 Å². The van der Waals surface area contributed by atoms with Crippen LogP contribution in [0.1, 0.15) is 34.5 Å². The van der Waals surface area contributed by atoms with E-state index in [1.165, 1.54) is 6.08 Å². The van der Waals surface area contributed by atoms with E-state index in [1.54, 1.807) is 36.4 Å². The van der Waals surface area contributed by atoms with Crippen LogP contribution in [0.4, 0.5) is 5.69 Å². The van der Waals surface area contributed by atoms with Gasteiger partial charge >= 0.3 is 0 Å². The second-order valence-electron chi connectivity index (χ2n) is 6.50. The van der Waals surface area contributed by atoms with Crippen LogP contribution in [0, 0.1) is 0 Å². The number of carbonyl (C=O) groups is 2. The standard InChI is InChI=1S/C24H21ClN2O2/c1-17(18-9-3-2-4-10-18)26-24(29)20-12-6-8-14-22(20)27-23(28)16-15-19-11-5-7-13-21(19)25/h2-17H,1H3,(H,26,29)(H,27,28)/b16-15+/t17-/m1/s1. The molecule has 0 fully saturated rings. The molecule has 0 saturated heterocycles. The summed E-state index contributed by atoms with van der Waals surface area (Å²) in [6.45, 7) is 1.92. The van der Waals surface area contributed by atoms with Crippen molar-refractivity contribution < 1.29 is 9.59 Å². The average Bonchev–Trinajstić information content (AvgIpc) is 2.74. The van der Waals surface area contributed by atoms with Gasteiger partial charge in [0.05, 0.1) is 17.3 Å². The molecule has 146 valence electrons. The molecule has 2 N–H and O–H groups in total. The zero-order valence-corrected chi connectivity index (χ0v) is 16.7. The highest BCUT2D eigenvalue weighted by Crippen LogP contribution is 2.19. The monoisotopic (exact) mass is 404 g/mol. The van der Waals surface area contributed by atoms with Crippen LogP contribution in [0.5, 0.6) is 0 Å². The molecule has 0 aliphatic rings. The van der Waals surface area contributed by atoms with Gasteiger partial charge in [0.15, 0.2) is 0 Å². The second-order valence-corrected chi connectivity index (χ2v) is 6.90. The molecule has 0 unspecified atom stereocenters. The third-order valence-electron chi connectivity index (χ3n) is 4.40. The second kappa shape index (κ2) is 9.71. The first-order valence-corrected chi connectivity index (χ1v) is 9.61. The zero-order valence-electron chi connectivity index (χ0n) is 15.9. The molecule has 29 heavy (non-hydrogen) atoms. The Balaban J connectivity index is 1.70. The lowest BCUT2D eigenvalue weighted by molar-refractivity contribution is -0.111. The first-order valence-electron chi connectivity index (χ1n) is 9.23.